The van der Waals surface area contributed by atoms with Gasteiger partial charge in [-0.3, -0.25) is 14.4 Å². The minimum atomic E-state index is -5.08. The number of nitrogens with zero attached hydrogens (tertiary/aromatic N) is 11. The molecule has 0 bridgehead atoms. The number of nitrogens with two attached hydrogens (primary N) is 1. The highest BCUT2D eigenvalue weighted by Crippen LogP contribution is 2.34. The van der Waals surface area contributed by atoms with Crippen molar-refractivity contribution in [1.29, 1.82) is 0 Å². The molecule has 34 nitrogen and oxygen atoms in total. The fourth-order valence-electron chi connectivity index (χ4n) is 11.3. The number of sulfonamides is 2. The first kappa shape index (κ1) is 85.2. The predicted octanol–water partition coefficient (Wildman–Crippen LogP) is 6.20. The largest absolute Gasteiger partial charge is 0.493 e. The zero-order valence-electron chi connectivity index (χ0n) is 62.3. The van der Waals surface area contributed by atoms with Crippen molar-refractivity contribution in [2.24, 2.45) is 5.73 Å². The van der Waals surface area contributed by atoms with Gasteiger partial charge >= 0.3 is 18.2 Å². The van der Waals surface area contributed by atoms with E-state index >= 15 is 0 Å². The first-order valence-corrected chi connectivity index (χ1v) is 40.1. The number of alkyl halides is 3. The molecule has 0 atom stereocenters. The van der Waals surface area contributed by atoms with E-state index in [2.05, 4.69) is 60.0 Å². The van der Waals surface area contributed by atoms with E-state index in [1.165, 1.54) is 47.0 Å². The first-order valence-electron chi connectivity index (χ1n) is 34.8. The van der Waals surface area contributed by atoms with Gasteiger partial charge in [-0.25, -0.2) is 72.8 Å². The van der Waals surface area contributed by atoms with E-state index in [1.54, 1.807) is 53.8 Å². The number of halogens is 4. The number of likely N-dealkylation sites (N-methyl/N-ethyl adjacent to an activating group) is 1. The SMILES string of the molecule is CC(C)(C)OC(=O)N1CC(N)C1.CCCc1nc(C)c2c(=O)[nH]c(-c3cc(S(=O)(=O)Cl)ccc3OCC)nn12.CCCc1nc(C)c2c(=O)[nH]c(-c3cc(S(=O)(=O)NC4CN(C)C4)ccc3OCC)nn12.CCCc1nc(C)c2c(=O)[nH]c(-c3cc(S(=O)(=O)NC4CNC4)ccc3OCC)nn12.O=C(O)C(F)(F)F. The van der Waals surface area contributed by atoms with Gasteiger partial charge in [0.1, 0.15) is 40.3 Å². The minimum Gasteiger partial charge on any atom is -0.493 e. The Morgan fingerprint density at radius 3 is 1.18 bits per heavy atom. The number of carboxylic acid groups (broad SMARTS) is 1. The molecule has 109 heavy (non-hydrogen) atoms. The number of hydrogen-bond acceptors (Lipinski definition) is 24. The molecule has 12 rings (SSSR count). The lowest BCUT2D eigenvalue weighted by atomic mass is 10.1. The number of likely N-dealkylation sites (tertiary alicyclic amines) is 2. The van der Waals surface area contributed by atoms with Crippen LogP contribution in [0.1, 0.15) is 116 Å². The topological polar surface area (TPSA) is 451 Å². The van der Waals surface area contributed by atoms with Gasteiger partial charge in [0.05, 0.1) is 68.3 Å². The number of amides is 1. The van der Waals surface area contributed by atoms with Crippen molar-refractivity contribution in [2.45, 2.75) is 166 Å². The van der Waals surface area contributed by atoms with Crippen LogP contribution >= 0.6 is 10.7 Å². The molecule has 3 saturated heterocycles. The zero-order chi connectivity index (χ0) is 80.4. The summed E-state index contributed by atoms with van der Waals surface area (Å²) < 4.78 is 139. The Labute approximate surface area is 630 Å². The number of imidazole rings is 3. The molecule has 0 aliphatic carbocycles. The third kappa shape index (κ3) is 21.1. The summed E-state index contributed by atoms with van der Waals surface area (Å²) in [5, 5.41) is 23.9. The molecule has 9 heterocycles. The molecule has 0 unspecified atom stereocenters. The highest BCUT2D eigenvalue weighted by molar-refractivity contribution is 8.13. The number of rotatable bonds is 22. The summed E-state index contributed by atoms with van der Waals surface area (Å²) in [6, 6.07) is 13.2. The number of nitrogens with one attached hydrogen (secondary N) is 6. The van der Waals surface area contributed by atoms with Crippen molar-refractivity contribution in [2.75, 3.05) is 66.1 Å². The van der Waals surface area contributed by atoms with E-state index in [0.717, 1.165) is 19.3 Å². The lowest BCUT2D eigenvalue weighted by Crippen LogP contribution is -2.58. The molecular formula is C68H90ClF3N18O16S3. The van der Waals surface area contributed by atoms with Crippen LogP contribution in [0.25, 0.3) is 50.7 Å². The van der Waals surface area contributed by atoms with Crippen molar-refractivity contribution in [1.82, 2.24) is 83.3 Å². The van der Waals surface area contributed by atoms with Gasteiger partial charge in [0.2, 0.25) is 20.0 Å². The Balaban J connectivity index is 0.000000184. The van der Waals surface area contributed by atoms with Crippen molar-refractivity contribution < 1.29 is 72.1 Å². The summed E-state index contributed by atoms with van der Waals surface area (Å²) in [4.78, 5) is 83.7. The second kappa shape index (κ2) is 35.5. The van der Waals surface area contributed by atoms with Crippen LogP contribution in [0.15, 0.2) is 83.7 Å². The normalized spacial score (nSPS) is 14.4. The van der Waals surface area contributed by atoms with Gasteiger partial charge in [0.15, 0.2) is 34.0 Å². The molecule has 0 radical (unpaired) electrons. The molecule has 6 aromatic heterocycles. The summed E-state index contributed by atoms with van der Waals surface area (Å²) >= 11 is 0. The van der Waals surface area contributed by atoms with E-state index in [1.807, 2.05) is 67.3 Å². The number of aliphatic carboxylic acids is 1. The molecule has 0 spiro atoms. The van der Waals surface area contributed by atoms with E-state index in [4.69, 9.17) is 45.3 Å². The maximum absolute atomic E-state index is 12.9. The van der Waals surface area contributed by atoms with Crippen molar-refractivity contribution in [3.63, 3.8) is 0 Å². The van der Waals surface area contributed by atoms with E-state index < -0.39 is 46.8 Å². The number of benzene rings is 3. The first-order chi connectivity index (χ1) is 51.1. The lowest BCUT2D eigenvalue weighted by molar-refractivity contribution is -0.192. The van der Waals surface area contributed by atoms with Crippen LogP contribution < -0.4 is 51.4 Å². The van der Waals surface area contributed by atoms with Gasteiger partial charge < -0.3 is 59.9 Å². The molecule has 9 N–H and O–H groups in total. The fraction of sp³-hybridized carbons (Fsp3) is 0.485. The Bertz CT molecular complexity index is 5340. The van der Waals surface area contributed by atoms with Crippen LogP contribution in [0.4, 0.5) is 18.0 Å². The van der Waals surface area contributed by atoms with E-state index in [0.29, 0.717) is 163 Å². The molecule has 41 heteroatoms. The van der Waals surface area contributed by atoms with Crippen LogP contribution in [0, 0.1) is 20.8 Å². The maximum Gasteiger partial charge on any atom is 0.490 e. The van der Waals surface area contributed by atoms with Gasteiger partial charge in [0.25, 0.3) is 25.7 Å². The Hall–Kier alpha value is -9.42. The van der Waals surface area contributed by atoms with Crippen LogP contribution in [-0.4, -0.2) is 207 Å². The van der Waals surface area contributed by atoms with Crippen molar-refractivity contribution in [3.05, 3.63) is 120 Å². The number of H-pyrrole nitrogens is 3. The number of aromatic amines is 3. The summed E-state index contributed by atoms with van der Waals surface area (Å²) in [7, 11) is -4.03. The summed E-state index contributed by atoms with van der Waals surface area (Å²) in [6.07, 6.45) is -0.825. The van der Waals surface area contributed by atoms with E-state index in [9.17, 15) is 57.6 Å². The number of hydrogen-bond donors (Lipinski definition) is 8. The molecular weight excluding hydrogens is 1510 g/mol. The van der Waals surface area contributed by atoms with Crippen LogP contribution in [0.2, 0.25) is 0 Å². The molecule has 0 saturated carbocycles. The van der Waals surface area contributed by atoms with E-state index in [-0.39, 0.29) is 73.1 Å². The van der Waals surface area contributed by atoms with Crippen LogP contribution in [0.5, 0.6) is 17.2 Å². The second-order valence-electron chi connectivity index (χ2n) is 26.5. The molecule has 1 amide bonds. The standard InChI is InChI=1S/C21H28N6O4S.C20H26N6O4S.C17H19ClN4O4S.C8H16N2O2.C2HF3O2/c1-5-7-18-22-13(3)19-21(28)23-20(24-27(18)19)16-10-15(8-9-17(16)31-6-2)32(29,30)25-14-11-26(4)12-14;1-4-6-17-22-12(3)18-20(27)23-19(24-26(17)18)15-9-14(7-8-16(15)30-5-2)31(28,29)25-13-10-21-11-13;1-4-6-14-19-10(3)15-17(23)20-16(21-22(14)15)12-9-11(27(18,24)25)7-8-13(12)26-5-2;1-8(2,3)12-7(11)10-4-6(9)5-10;3-2(4,5)1(6)7/h8-10,14,25H,5-7,11-12H2,1-4H3,(H,23,24,28);7-9,13,21,25H,4-6,10-11H2,1-3H3,(H,23,24,27);7-9H,4-6H2,1-3H3,(H,20,21,23);6H,4-5,9H2,1-3H3;(H,6,7). The number of aromatic nitrogens is 12. The summed E-state index contributed by atoms with van der Waals surface area (Å²) in [5.74, 6) is 1.15. The molecule has 3 fully saturated rings. The van der Waals surface area contributed by atoms with Gasteiger partial charge in [-0.2, -0.15) is 13.2 Å². The number of carbonyl (C=O) groups excluding carboxylic acids is 1. The fourth-order valence-corrected chi connectivity index (χ4v) is 14.6. The number of aryl methyl sites for hydroxylation is 6. The van der Waals surface area contributed by atoms with Gasteiger partial charge in [-0.05, 0) is 143 Å². The number of carboxylic acids is 1. The lowest BCUT2D eigenvalue weighted by Gasteiger charge is -2.37. The maximum atomic E-state index is 12.9. The molecule has 9 aromatic rings. The molecule has 594 valence electrons. The summed E-state index contributed by atoms with van der Waals surface area (Å²) in [6.45, 7) is 27.2. The highest BCUT2D eigenvalue weighted by Gasteiger charge is 2.38. The summed E-state index contributed by atoms with van der Waals surface area (Å²) in [5.41, 5.74) is 8.10. The third-order valence-corrected chi connectivity index (χ3v) is 20.8. The third-order valence-electron chi connectivity index (χ3n) is 16.4. The number of ether oxygens (including phenoxy) is 4. The second-order valence-corrected chi connectivity index (χ2v) is 32.4. The molecule has 3 aliphatic heterocycles. The predicted molar refractivity (Wildman–Crippen MR) is 398 cm³/mol. The molecule has 3 aliphatic rings. The van der Waals surface area contributed by atoms with Crippen LogP contribution in [0.3, 0.4) is 0 Å². The van der Waals surface area contributed by atoms with Gasteiger partial charge in [0, 0.05) is 87.3 Å². The molecule has 3 aromatic carbocycles. The van der Waals surface area contributed by atoms with Crippen LogP contribution in [-0.2, 0) is 57.9 Å². The minimum absolute atomic E-state index is 0.0798. The Morgan fingerprint density at radius 2 is 0.908 bits per heavy atom. The monoisotopic (exact) mass is 1600 g/mol. The van der Waals surface area contributed by atoms with Crippen molar-refractivity contribution >= 4 is 68.4 Å². The van der Waals surface area contributed by atoms with Crippen molar-refractivity contribution in [3.8, 4) is 51.4 Å². The smallest absolute Gasteiger partial charge is 0.490 e. The number of fused-ring (bicyclic) bond motifs is 3. The highest BCUT2D eigenvalue weighted by atomic mass is 35.7. The average Bonchev–Trinajstić information content (AvgIpc) is 1.71. The Morgan fingerprint density at radius 1 is 0.578 bits per heavy atom. The number of carbonyl (C=O) groups is 2. The Kier molecular flexibility index (Phi) is 27.8. The quantitative estimate of drug-likeness (QED) is 0.0350. The zero-order valence-corrected chi connectivity index (χ0v) is 65.5. The van der Waals surface area contributed by atoms with Gasteiger partial charge in [-0.15, -0.1) is 15.3 Å². The average molecular weight is 1600 g/mol. The van der Waals surface area contributed by atoms with Gasteiger partial charge in [-0.1, -0.05) is 20.8 Å².